The Bertz CT molecular complexity index is 888. The highest BCUT2D eigenvalue weighted by molar-refractivity contribution is 5.75. The third-order valence-electron chi connectivity index (χ3n) is 6.53. The standard InChI is InChI=1S/C27H32N2/c1-3-5-7-21-10-14-23(15-11-21)25-17-16-24(26(18-28)27(25)19-29)22-12-8-20(6-4-2)9-13-22/h10-11,14-17,20,22H,3-9,12-13H2,1-2H3/t20-,22-. The Hall–Kier alpha value is -2.58. The number of rotatable bonds is 7. The quantitative estimate of drug-likeness (QED) is 0.496. The van der Waals surface area contributed by atoms with Crippen LogP contribution in [-0.4, -0.2) is 0 Å². The number of nitrogens with zero attached hydrogens (tertiary/aromatic N) is 2. The van der Waals surface area contributed by atoms with Gasteiger partial charge >= 0.3 is 0 Å². The summed E-state index contributed by atoms with van der Waals surface area (Å²) in [6, 6.07) is 17.4. The number of benzene rings is 2. The molecule has 1 saturated carbocycles. The van der Waals surface area contributed by atoms with Gasteiger partial charge in [0.25, 0.3) is 0 Å². The van der Waals surface area contributed by atoms with Crippen molar-refractivity contribution in [1.82, 2.24) is 0 Å². The van der Waals surface area contributed by atoms with Gasteiger partial charge in [-0.3, -0.25) is 0 Å². The van der Waals surface area contributed by atoms with Crippen molar-refractivity contribution in [3.8, 4) is 23.3 Å². The van der Waals surface area contributed by atoms with Crippen molar-refractivity contribution in [3.05, 3.63) is 58.7 Å². The van der Waals surface area contributed by atoms with E-state index in [1.807, 2.05) is 0 Å². The monoisotopic (exact) mass is 384 g/mol. The molecule has 0 unspecified atom stereocenters. The van der Waals surface area contributed by atoms with Crippen LogP contribution in [-0.2, 0) is 6.42 Å². The summed E-state index contributed by atoms with van der Waals surface area (Å²) >= 11 is 0. The molecule has 1 fully saturated rings. The Kier molecular flexibility index (Phi) is 7.48. The number of hydrogen-bond acceptors (Lipinski definition) is 2. The van der Waals surface area contributed by atoms with Crippen molar-refractivity contribution >= 4 is 0 Å². The van der Waals surface area contributed by atoms with E-state index in [9.17, 15) is 10.5 Å². The molecule has 0 bridgehead atoms. The highest BCUT2D eigenvalue weighted by atomic mass is 14.3. The molecule has 1 aliphatic rings. The molecule has 0 radical (unpaired) electrons. The lowest BCUT2D eigenvalue weighted by Crippen LogP contribution is -2.14. The van der Waals surface area contributed by atoms with Gasteiger partial charge in [-0.1, -0.05) is 69.5 Å². The summed E-state index contributed by atoms with van der Waals surface area (Å²) in [5, 5.41) is 19.8. The lowest BCUT2D eigenvalue weighted by molar-refractivity contribution is 0.308. The van der Waals surface area contributed by atoms with Crippen molar-refractivity contribution in [1.29, 1.82) is 10.5 Å². The van der Waals surface area contributed by atoms with E-state index >= 15 is 0 Å². The number of aryl methyl sites for hydroxylation is 1. The normalized spacial score (nSPS) is 18.8. The lowest BCUT2D eigenvalue weighted by Gasteiger charge is -2.29. The summed E-state index contributed by atoms with van der Waals surface area (Å²) in [5.41, 5.74) is 5.46. The van der Waals surface area contributed by atoms with Crippen LogP contribution in [0, 0.1) is 28.6 Å². The Morgan fingerprint density at radius 3 is 2.10 bits per heavy atom. The summed E-state index contributed by atoms with van der Waals surface area (Å²) in [7, 11) is 0. The average Bonchev–Trinajstić information content (AvgIpc) is 2.77. The molecule has 2 aromatic rings. The van der Waals surface area contributed by atoms with Gasteiger partial charge in [-0.05, 0) is 67.1 Å². The zero-order valence-corrected chi connectivity index (χ0v) is 17.9. The molecule has 0 atom stereocenters. The molecule has 1 aliphatic carbocycles. The SMILES string of the molecule is CCCCc1ccc(-c2ccc([C@H]3CC[C@H](CCC)CC3)c(C#N)c2C#N)cc1. The van der Waals surface area contributed by atoms with Gasteiger partial charge < -0.3 is 0 Å². The van der Waals surface area contributed by atoms with Gasteiger partial charge in [-0.25, -0.2) is 0 Å². The maximum Gasteiger partial charge on any atom is 0.101 e. The zero-order chi connectivity index (χ0) is 20.6. The molecular formula is C27H32N2. The molecule has 2 nitrogen and oxygen atoms in total. The van der Waals surface area contributed by atoms with E-state index in [4.69, 9.17) is 0 Å². The maximum atomic E-state index is 9.91. The van der Waals surface area contributed by atoms with Crippen LogP contribution in [0.3, 0.4) is 0 Å². The highest BCUT2D eigenvalue weighted by Gasteiger charge is 2.25. The van der Waals surface area contributed by atoms with Gasteiger partial charge in [0.2, 0.25) is 0 Å². The fourth-order valence-electron chi connectivity index (χ4n) is 4.84. The fourth-order valence-corrected chi connectivity index (χ4v) is 4.84. The Morgan fingerprint density at radius 1 is 0.828 bits per heavy atom. The Balaban J connectivity index is 1.88. The summed E-state index contributed by atoms with van der Waals surface area (Å²) in [6.07, 6.45) is 10.8. The molecule has 3 rings (SSSR count). The highest BCUT2D eigenvalue weighted by Crippen LogP contribution is 2.40. The summed E-state index contributed by atoms with van der Waals surface area (Å²) in [4.78, 5) is 0. The van der Waals surface area contributed by atoms with Gasteiger partial charge in [-0.15, -0.1) is 0 Å². The van der Waals surface area contributed by atoms with Crippen LogP contribution in [0.5, 0.6) is 0 Å². The first kappa shape index (κ1) is 21.1. The summed E-state index contributed by atoms with van der Waals surface area (Å²) < 4.78 is 0. The van der Waals surface area contributed by atoms with Crippen LogP contribution in [0.15, 0.2) is 36.4 Å². The Morgan fingerprint density at radius 2 is 1.52 bits per heavy atom. The molecule has 150 valence electrons. The Labute approximate surface area is 176 Å². The molecule has 2 aromatic carbocycles. The van der Waals surface area contributed by atoms with Crippen molar-refractivity contribution < 1.29 is 0 Å². The third kappa shape index (κ3) is 4.89. The molecule has 0 spiro atoms. The number of nitriles is 2. The summed E-state index contributed by atoms with van der Waals surface area (Å²) in [5.74, 6) is 1.25. The third-order valence-corrected chi connectivity index (χ3v) is 6.53. The topological polar surface area (TPSA) is 47.6 Å². The van der Waals surface area contributed by atoms with Gasteiger partial charge in [0.05, 0.1) is 11.1 Å². The van der Waals surface area contributed by atoms with Crippen molar-refractivity contribution in [2.24, 2.45) is 5.92 Å². The van der Waals surface area contributed by atoms with Crippen LogP contribution >= 0.6 is 0 Å². The molecular weight excluding hydrogens is 352 g/mol. The second-order valence-electron chi connectivity index (χ2n) is 8.48. The largest absolute Gasteiger partial charge is 0.192 e. The van der Waals surface area contributed by atoms with E-state index in [0.29, 0.717) is 17.0 Å². The van der Waals surface area contributed by atoms with Crippen LogP contribution in [0.1, 0.15) is 93.4 Å². The second kappa shape index (κ2) is 10.3. The zero-order valence-electron chi connectivity index (χ0n) is 17.9. The lowest BCUT2D eigenvalue weighted by atomic mass is 9.75. The molecule has 0 amide bonds. The molecule has 0 aromatic heterocycles. The molecule has 0 saturated heterocycles. The second-order valence-corrected chi connectivity index (χ2v) is 8.48. The first-order valence-corrected chi connectivity index (χ1v) is 11.3. The van der Waals surface area contributed by atoms with Crippen molar-refractivity contribution in [2.75, 3.05) is 0 Å². The van der Waals surface area contributed by atoms with Gasteiger partial charge in [0.1, 0.15) is 12.1 Å². The molecule has 29 heavy (non-hydrogen) atoms. The average molecular weight is 385 g/mol. The maximum absolute atomic E-state index is 9.91. The molecule has 0 N–H and O–H groups in total. The summed E-state index contributed by atoms with van der Waals surface area (Å²) in [6.45, 7) is 4.46. The number of unbranched alkanes of at least 4 members (excludes halogenated alkanes) is 1. The van der Waals surface area contributed by atoms with E-state index in [1.165, 1.54) is 44.1 Å². The van der Waals surface area contributed by atoms with Crippen LogP contribution < -0.4 is 0 Å². The minimum atomic E-state index is 0.412. The van der Waals surface area contributed by atoms with Gasteiger partial charge in [-0.2, -0.15) is 10.5 Å². The number of hydrogen-bond donors (Lipinski definition) is 0. The predicted molar refractivity (Wildman–Crippen MR) is 120 cm³/mol. The smallest absolute Gasteiger partial charge is 0.101 e. The van der Waals surface area contributed by atoms with E-state index in [0.717, 1.165) is 41.9 Å². The molecule has 0 aliphatic heterocycles. The molecule has 0 heterocycles. The first-order chi connectivity index (χ1) is 14.2. The van der Waals surface area contributed by atoms with Gasteiger partial charge in [0.15, 0.2) is 0 Å². The van der Waals surface area contributed by atoms with E-state index in [1.54, 1.807) is 0 Å². The van der Waals surface area contributed by atoms with E-state index < -0.39 is 0 Å². The van der Waals surface area contributed by atoms with Crippen molar-refractivity contribution in [2.45, 2.75) is 77.6 Å². The van der Waals surface area contributed by atoms with Crippen LogP contribution in [0.4, 0.5) is 0 Å². The fraction of sp³-hybridized carbons (Fsp3) is 0.481. The minimum Gasteiger partial charge on any atom is -0.192 e. The molecule has 2 heteroatoms. The van der Waals surface area contributed by atoms with E-state index in [-0.39, 0.29) is 0 Å². The first-order valence-electron chi connectivity index (χ1n) is 11.3. The van der Waals surface area contributed by atoms with Crippen molar-refractivity contribution in [3.63, 3.8) is 0 Å². The minimum absolute atomic E-state index is 0.412. The van der Waals surface area contributed by atoms with Gasteiger partial charge in [0, 0.05) is 5.56 Å². The predicted octanol–water partition coefficient (Wildman–Crippen LogP) is 7.51. The van der Waals surface area contributed by atoms with E-state index in [2.05, 4.69) is 62.4 Å². The van der Waals surface area contributed by atoms with Crippen LogP contribution in [0.2, 0.25) is 0 Å². The van der Waals surface area contributed by atoms with Crippen LogP contribution in [0.25, 0.3) is 11.1 Å².